The lowest BCUT2D eigenvalue weighted by Gasteiger charge is -2.31. The predicted molar refractivity (Wildman–Crippen MR) is 104 cm³/mol. The van der Waals surface area contributed by atoms with Crippen LogP contribution < -0.4 is 10.6 Å². The number of carbonyl (C=O) groups is 2. The summed E-state index contributed by atoms with van der Waals surface area (Å²) in [5, 5.41) is 5.94. The van der Waals surface area contributed by atoms with Gasteiger partial charge in [0.1, 0.15) is 6.04 Å². The van der Waals surface area contributed by atoms with E-state index in [1.54, 1.807) is 12.1 Å². The van der Waals surface area contributed by atoms with Gasteiger partial charge < -0.3 is 15.1 Å². The van der Waals surface area contributed by atoms with Crippen molar-refractivity contribution in [1.29, 1.82) is 0 Å². The summed E-state index contributed by atoms with van der Waals surface area (Å²) in [5.74, 6) is 0.301. The van der Waals surface area contributed by atoms with E-state index in [0.717, 1.165) is 25.7 Å². The molecule has 5 nitrogen and oxygen atoms in total. The molecule has 2 N–H and O–H groups in total. The van der Waals surface area contributed by atoms with E-state index in [1.807, 2.05) is 19.9 Å². The van der Waals surface area contributed by atoms with Gasteiger partial charge in [-0.2, -0.15) is 0 Å². The zero-order valence-electron chi connectivity index (χ0n) is 16.0. The van der Waals surface area contributed by atoms with Crippen molar-refractivity contribution in [2.75, 3.05) is 0 Å². The summed E-state index contributed by atoms with van der Waals surface area (Å²) in [6, 6.07) is 13.4. The number of amides is 2. The van der Waals surface area contributed by atoms with Crippen LogP contribution in [0.25, 0.3) is 0 Å². The minimum Gasteiger partial charge on any atom is -0.459 e. The fraction of sp³-hybridized carbons (Fsp3) is 0.455. The molecule has 0 saturated heterocycles. The van der Waals surface area contributed by atoms with Crippen molar-refractivity contribution < 1.29 is 14.0 Å². The van der Waals surface area contributed by atoms with Gasteiger partial charge in [-0.3, -0.25) is 9.59 Å². The number of rotatable bonds is 6. The molecular formula is C22H28N2O3. The first-order chi connectivity index (χ1) is 13.0. The normalized spacial score (nSPS) is 20.9. The highest BCUT2D eigenvalue weighted by molar-refractivity contribution is 5.95. The molecule has 0 bridgehead atoms. The topological polar surface area (TPSA) is 71.3 Å². The smallest absolute Gasteiger partial charge is 0.287 e. The number of nitrogens with one attached hydrogen (secondary N) is 2. The first-order valence-electron chi connectivity index (χ1n) is 9.74. The lowest BCUT2D eigenvalue weighted by atomic mass is 9.81. The Morgan fingerprint density at radius 1 is 1.00 bits per heavy atom. The van der Waals surface area contributed by atoms with Crippen LogP contribution in [0, 0.1) is 5.92 Å². The zero-order valence-corrected chi connectivity index (χ0v) is 16.0. The van der Waals surface area contributed by atoms with E-state index in [1.165, 1.54) is 11.8 Å². The fourth-order valence-electron chi connectivity index (χ4n) is 3.74. The Balaban J connectivity index is 1.53. The Hall–Kier alpha value is -2.56. The standard InChI is InChI=1S/C22H28N2O3/c1-15(2)20(24-21(25)19-9-6-14-27-19)22(26)23-18-12-10-17(11-13-18)16-7-4-3-5-8-16/h3-9,14-15,17-18,20H,10-13H2,1-2H3,(H,23,26)(H,24,25). The van der Waals surface area contributed by atoms with Crippen molar-refractivity contribution >= 4 is 11.8 Å². The summed E-state index contributed by atoms with van der Waals surface area (Å²) >= 11 is 0. The van der Waals surface area contributed by atoms with Crippen LogP contribution >= 0.6 is 0 Å². The monoisotopic (exact) mass is 368 g/mol. The highest BCUT2D eigenvalue weighted by Crippen LogP contribution is 2.32. The minimum atomic E-state index is -0.575. The summed E-state index contributed by atoms with van der Waals surface area (Å²) in [7, 11) is 0. The number of hydrogen-bond donors (Lipinski definition) is 2. The second kappa shape index (κ2) is 8.89. The van der Waals surface area contributed by atoms with E-state index >= 15 is 0 Å². The zero-order chi connectivity index (χ0) is 19.2. The van der Waals surface area contributed by atoms with Crippen LogP contribution in [0.5, 0.6) is 0 Å². The summed E-state index contributed by atoms with van der Waals surface area (Å²) < 4.78 is 5.12. The van der Waals surface area contributed by atoms with Crippen LogP contribution in [0.2, 0.25) is 0 Å². The Labute approximate surface area is 160 Å². The van der Waals surface area contributed by atoms with Crippen LogP contribution in [0.15, 0.2) is 53.1 Å². The highest BCUT2D eigenvalue weighted by Gasteiger charge is 2.29. The SMILES string of the molecule is CC(C)C(NC(=O)c1ccco1)C(=O)NC1CCC(c2ccccc2)CC1. The third-order valence-electron chi connectivity index (χ3n) is 5.33. The Bertz CT molecular complexity index is 732. The van der Waals surface area contributed by atoms with Gasteiger partial charge in [-0.25, -0.2) is 0 Å². The molecule has 1 unspecified atom stereocenters. The van der Waals surface area contributed by atoms with Crippen molar-refractivity contribution in [3.63, 3.8) is 0 Å². The molecule has 0 radical (unpaired) electrons. The molecule has 1 fully saturated rings. The first kappa shape index (κ1) is 19.2. The molecule has 0 spiro atoms. The summed E-state index contributed by atoms with van der Waals surface area (Å²) in [6.07, 6.45) is 5.51. The van der Waals surface area contributed by atoms with Crippen LogP contribution in [0.3, 0.4) is 0 Å². The van der Waals surface area contributed by atoms with Crippen molar-refractivity contribution in [1.82, 2.24) is 10.6 Å². The van der Waals surface area contributed by atoms with E-state index in [2.05, 4.69) is 34.9 Å². The molecule has 2 amide bonds. The van der Waals surface area contributed by atoms with Crippen molar-refractivity contribution in [2.45, 2.75) is 57.5 Å². The molecular weight excluding hydrogens is 340 g/mol. The van der Waals surface area contributed by atoms with Gasteiger partial charge in [0.2, 0.25) is 5.91 Å². The van der Waals surface area contributed by atoms with Crippen LogP contribution in [-0.2, 0) is 4.79 Å². The second-order valence-corrected chi connectivity index (χ2v) is 7.64. The Morgan fingerprint density at radius 3 is 2.30 bits per heavy atom. The molecule has 2 aromatic rings. The van der Waals surface area contributed by atoms with Crippen LogP contribution in [0.1, 0.15) is 61.6 Å². The van der Waals surface area contributed by atoms with Gasteiger partial charge in [0, 0.05) is 6.04 Å². The number of hydrogen-bond acceptors (Lipinski definition) is 3. The van der Waals surface area contributed by atoms with E-state index in [-0.39, 0.29) is 29.5 Å². The Morgan fingerprint density at radius 2 is 1.70 bits per heavy atom. The maximum Gasteiger partial charge on any atom is 0.287 e. The van der Waals surface area contributed by atoms with Gasteiger partial charge in [-0.15, -0.1) is 0 Å². The maximum absolute atomic E-state index is 12.8. The average molecular weight is 368 g/mol. The summed E-state index contributed by atoms with van der Waals surface area (Å²) in [4.78, 5) is 25.0. The third-order valence-corrected chi connectivity index (χ3v) is 5.33. The van der Waals surface area contributed by atoms with Gasteiger partial charge in [0.05, 0.1) is 6.26 Å². The molecule has 1 aliphatic carbocycles. The van der Waals surface area contributed by atoms with Gasteiger partial charge in [0.15, 0.2) is 5.76 Å². The lowest BCUT2D eigenvalue weighted by Crippen LogP contribution is -2.52. The number of benzene rings is 1. The predicted octanol–water partition coefficient (Wildman–Crippen LogP) is 3.88. The molecule has 144 valence electrons. The van der Waals surface area contributed by atoms with Crippen molar-refractivity contribution in [2.24, 2.45) is 5.92 Å². The molecule has 27 heavy (non-hydrogen) atoms. The number of furan rings is 1. The quantitative estimate of drug-likeness (QED) is 0.813. The van der Waals surface area contributed by atoms with Gasteiger partial charge in [0.25, 0.3) is 5.91 Å². The molecule has 3 rings (SSSR count). The second-order valence-electron chi connectivity index (χ2n) is 7.64. The average Bonchev–Trinajstić information content (AvgIpc) is 3.22. The van der Waals surface area contributed by atoms with E-state index in [4.69, 9.17) is 4.42 Å². The van der Waals surface area contributed by atoms with Crippen LogP contribution in [-0.4, -0.2) is 23.9 Å². The third kappa shape index (κ3) is 5.00. The molecule has 5 heteroatoms. The molecule has 1 aromatic heterocycles. The largest absolute Gasteiger partial charge is 0.459 e. The summed E-state index contributed by atoms with van der Waals surface area (Å²) in [5.41, 5.74) is 1.38. The molecule has 1 saturated carbocycles. The molecule has 0 aliphatic heterocycles. The summed E-state index contributed by atoms with van der Waals surface area (Å²) in [6.45, 7) is 3.86. The van der Waals surface area contributed by atoms with Crippen molar-refractivity contribution in [3.05, 3.63) is 60.1 Å². The lowest BCUT2D eigenvalue weighted by molar-refractivity contribution is -0.124. The van der Waals surface area contributed by atoms with Gasteiger partial charge in [-0.1, -0.05) is 44.2 Å². The minimum absolute atomic E-state index is 0.00966. The fourth-order valence-corrected chi connectivity index (χ4v) is 3.74. The highest BCUT2D eigenvalue weighted by atomic mass is 16.3. The Kier molecular flexibility index (Phi) is 6.32. The van der Waals surface area contributed by atoms with Gasteiger partial charge >= 0.3 is 0 Å². The van der Waals surface area contributed by atoms with Gasteiger partial charge in [-0.05, 0) is 55.2 Å². The molecule has 1 aromatic carbocycles. The maximum atomic E-state index is 12.8. The molecule has 1 atom stereocenters. The van der Waals surface area contributed by atoms with E-state index < -0.39 is 6.04 Å². The molecule has 1 aliphatic rings. The molecule has 1 heterocycles. The van der Waals surface area contributed by atoms with E-state index in [9.17, 15) is 9.59 Å². The van der Waals surface area contributed by atoms with Crippen LogP contribution in [0.4, 0.5) is 0 Å². The van der Waals surface area contributed by atoms with E-state index in [0.29, 0.717) is 5.92 Å². The first-order valence-corrected chi connectivity index (χ1v) is 9.74. The number of carbonyl (C=O) groups excluding carboxylic acids is 2. The van der Waals surface area contributed by atoms with Crippen molar-refractivity contribution in [3.8, 4) is 0 Å².